The molecule has 1 fully saturated rings. The molecule has 0 spiro atoms. The average Bonchev–Trinajstić information content (AvgIpc) is 3.41. The second kappa shape index (κ2) is 12.9. The van der Waals surface area contributed by atoms with Crippen molar-refractivity contribution in [2.75, 3.05) is 13.2 Å². The van der Waals surface area contributed by atoms with E-state index in [2.05, 4.69) is 18.5 Å². The molecule has 2 aliphatic rings. The van der Waals surface area contributed by atoms with E-state index in [1.807, 2.05) is 4.98 Å². The number of rotatable bonds is 12. The van der Waals surface area contributed by atoms with E-state index in [0.717, 1.165) is 10.8 Å². The maximum absolute atomic E-state index is 13.2. The number of nitrogens with zero attached hydrogens (tertiary/aromatic N) is 2. The molecule has 5 atom stereocenters. The van der Waals surface area contributed by atoms with Crippen LogP contribution in [0.3, 0.4) is 0 Å². The monoisotopic (exact) mass is 698 g/mol. The molecule has 24 heteroatoms. The number of hydrogen-bond donors (Lipinski definition) is 6. The molecule has 45 heavy (non-hydrogen) atoms. The van der Waals surface area contributed by atoms with Gasteiger partial charge in [-0.25, -0.2) is 18.5 Å². The number of aromatic nitrogens is 2. The van der Waals surface area contributed by atoms with Gasteiger partial charge < -0.3 is 29.6 Å². The highest BCUT2D eigenvalue weighted by Gasteiger charge is 2.47. The predicted octanol–water partition coefficient (Wildman–Crippen LogP) is -0.178. The van der Waals surface area contributed by atoms with Crippen molar-refractivity contribution in [2.24, 2.45) is 0 Å². The Morgan fingerprint density at radius 1 is 1.04 bits per heavy atom. The van der Waals surface area contributed by atoms with Gasteiger partial charge in [0.1, 0.15) is 18.4 Å². The molecule has 3 unspecified atom stereocenters. The summed E-state index contributed by atoms with van der Waals surface area (Å²) >= 11 is 0. The second-order valence-corrected chi connectivity index (χ2v) is 13.8. The first-order valence-corrected chi connectivity index (χ1v) is 17.1. The summed E-state index contributed by atoms with van der Waals surface area (Å²) in [5.41, 5.74) is -1.80. The van der Waals surface area contributed by atoms with Crippen molar-refractivity contribution in [1.82, 2.24) is 19.9 Å². The molecule has 6 N–H and O–H groups in total. The molecule has 2 aromatic rings. The van der Waals surface area contributed by atoms with Crippen LogP contribution in [-0.4, -0.2) is 77.3 Å². The normalized spacial score (nSPS) is 22.6. The van der Waals surface area contributed by atoms with Gasteiger partial charge >= 0.3 is 29.2 Å². The van der Waals surface area contributed by atoms with E-state index in [1.54, 1.807) is 6.92 Å². The highest BCUT2D eigenvalue weighted by molar-refractivity contribution is 7.66. The van der Waals surface area contributed by atoms with Gasteiger partial charge in [0.25, 0.3) is 23.3 Å². The number of amides is 3. The van der Waals surface area contributed by atoms with E-state index in [1.165, 1.54) is 25.1 Å². The highest BCUT2D eigenvalue weighted by atomic mass is 31.3. The summed E-state index contributed by atoms with van der Waals surface area (Å²) in [7, 11) is -17.2. The smallest absolute Gasteiger partial charge is 0.352 e. The van der Waals surface area contributed by atoms with Crippen LogP contribution >= 0.6 is 23.5 Å². The maximum atomic E-state index is 13.2. The molecule has 2 aliphatic heterocycles. The van der Waals surface area contributed by atoms with E-state index in [-0.39, 0.29) is 28.7 Å². The number of fused-ring (bicyclic) bond motifs is 1. The summed E-state index contributed by atoms with van der Waals surface area (Å²) < 4.78 is 53.4. The SMILES string of the molecule is CCNC(=O)c1ccc2c(c1)C(=O)N(OC1C[C@H](n3cc(C)c(=O)[nH]c3=O)O[C@@H]1COP(=O)(O)OP(=O)(O)OP(=O)(O)O)C2=O. The Hall–Kier alpha value is -3.16. The number of carbonyl (C=O) groups is 3. The Bertz CT molecular complexity index is 1800. The van der Waals surface area contributed by atoms with Crippen molar-refractivity contribution < 1.29 is 70.4 Å². The Kier molecular flexibility index (Phi) is 9.96. The van der Waals surface area contributed by atoms with Crippen molar-refractivity contribution in [3.05, 3.63) is 67.5 Å². The van der Waals surface area contributed by atoms with Gasteiger partial charge in [0, 0.05) is 30.3 Å². The number of ether oxygens (including phenoxy) is 1. The van der Waals surface area contributed by atoms with Crippen LogP contribution in [0.4, 0.5) is 0 Å². The first-order chi connectivity index (χ1) is 20.8. The number of benzene rings is 1. The van der Waals surface area contributed by atoms with Gasteiger partial charge in [0.15, 0.2) is 0 Å². The minimum absolute atomic E-state index is 0.0737. The Labute approximate surface area is 251 Å². The first kappa shape index (κ1) is 34.7. The lowest BCUT2D eigenvalue weighted by molar-refractivity contribution is -0.154. The molecule has 0 radical (unpaired) electrons. The minimum Gasteiger partial charge on any atom is -0.352 e. The number of hydroxylamine groups is 2. The zero-order chi connectivity index (χ0) is 33.5. The third-order valence-electron chi connectivity index (χ3n) is 6.14. The third-order valence-corrected chi connectivity index (χ3v) is 9.95. The fourth-order valence-electron chi connectivity index (χ4n) is 4.26. The quantitative estimate of drug-likeness (QED) is 0.124. The fourth-order valence-corrected chi connectivity index (χ4v) is 7.29. The number of aromatic amines is 1. The summed E-state index contributed by atoms with van der Waals surface area (Å²) in [6, 6.07) is 3.71. The molecule has 0 bridgehead atoms. The molecule has 3 heterocycles. The van der Waals surface area contributed by atoms with Gasteiger partial charge in [-0.05, 0) is 32.0 Å². The van der Waals surface area contributed by atoms with Gasteiger partial charge in [-0.3, -0.25) is 38.1 Å². The number of carbonyl (C=O) groups excluding carboxylic acids is 3. The van der Waals surface area contributed by atoms with Crippen LogP contribution in [0.15, 0.2) is 34.0 Å². The number of H-pyrrole nitrogens is 1. The van der Waals surface area contributed by atoms with Crippen molar-refractivity contribution in [2.45, 2.75) is 38.7 Å². The standard InChI is InChI=1S/C21H25N4O17P3/c1-3-22-18(27)11-4-5-12-13(6-11)20(29)25(19(12)28)40-14-7-16(24-8-10(2)17(26)23-21(24)30)39-15(14)9-38-44(34,35)42-45(36,37)41-43(31,32)33/h4-6,8,14-16H,3,7,9H2,1-2H3,(H,22,27)(H,34,35)(H,36,37)(H,23,26,30)(H2,31,32,33)/t14?,15-,16-/m1/s1. The lowest BCUT2D eigenvalue weighted by Gasteiger charge is -2.23. The number of aryl methyl sites for hydroxylation is 1. The van der Waals surface area contributed by atoms with E-state index in [4.69, 9.17) is 19.4 Å². The van der Waals surface area contributed by atoms with Crippen LogP contribution < -0.4 is 16.6 Å². The Morgan fingerprint density at radius 3 is 2.36 bits per heavy atom. The van der Waals surface area contributed by atoms with E-state index >= 15 is 0 Å². The number of hydrogen-bond acceptors (Lipinski definition) is 13. The van der Waals surface area contributed by atoms with Crippen LogP contribution in [-0.2, 0) is 36.4 Å². The molecule has 1 aromatic heterocycles. The number of imide groups is 1. The summed E-state index contributed by atoms with van der Waals surface area (Å²) in [4.78, 5) is 107. The largest absolute Gasteiger partial charge is 0.490 e. The van der Waals surface area contributed by atoms with E-state index in [9.17, 15) is 47.5 Å². The molecule has 3 amide bonds. The lowest BCUT2D eigenvalue weighted by Crippen LogP contribution is -2.39. The van der Waals surface area contributed by atoms with Gasteiger partial charge in [0.2, 0.25) is 0 Å². The topological polar surface area (TPSA) is 300 Å². The Morgan fingerprint density at radius 2 is 1.71 bits per heavy atom. The number of nitrogens with one attached hydrogen (secondary N) is 2. The van der Waals surface area contributed by atoms with Crippen molar-refractivity contribution >= 4 is 41.2 Å². The molecule has 0 aliphatic carbocycles. The highest BCUT2D eigenvalue weighted by Crippen LogP contribution is 2.66. The summed E-state index contributed by atoms with van der Waals surface area (Å²) in [5.74, 6) is -2.46. The van der Waals surface area contributed by atoms with Gasteiger partial charge in [-0.15, -0.1) is 5.06 Å². The van der Waals surface area contributed by atoms with E-state index < -0.39 is 77.5 Å². The molecule has 1 aromatic carbocycles. The Balaban J connectivity index is 1.58. The van der Waals surface area contributed by atoms with Crippen molar-refractivity contribution in [3.63, 3.8) is 0 Å². The predicted molar refractivity (Wildman–Crippen MR) is 144 cm³/mol. The van der Waals surface area contributed by atoms with Gasteiger partial charge in [-0.2, -0.15) is 8.62 Å². The zero-order valence-electron chi connectivity index (χ0n) is 23.0. The molecular formula is C21H25N4O17P3. The lowest BCUT2D eigenvalue weighted by atomic mass is 10.1. The van der Waals surface area contributed by atoms with E-state index in [0.29, 0.717) is 11.6 Å². The maximum Gasteiger partial charge on any atom is 0.490 e. The zero-order valence-corrected chi connectivity index (χ0v) is 25.7. The van der Waals surface area contributed by atoms with Crippen LogP contribution in [0.25, 0.3) is 0 Å². The minimum atomic E-state index is -5.86. The van der Waals surface area contributed by atoms with Crippen molar-refractivity contribution in [1.29, 1.82) is 0 Å². The molecule has 0 saturated carbocycles. The van der Waals surface area contributed by atoms with Gasteiger partial charge in [-0.1, -0.05) is 0 Å². The number of phosphoric acid groups is 3. The third kappa shape index (κ3) is 8.17. The molecule has 21 nitrogen and oxygen atoms in total. The van der Waals surface area contributed by atoms with Crippen LogP contribution in [0.2, 0.25) is 0 Å². The van der Waals surface area contributed by atoms with Crippen LogP contribution in [0, 0.1) is 6.92 Å². The first-order valence-electron chi connectivity index (χ1n) is 12.5. The molecular weight excluding hydrogens is 673 g/mol. The van der Waals surface area contributed by atoms with Crippen LogP contribution in [0.5, 0.6) is 0 Å². The fraction of sp³-hybridized carbons (Fsp3) is 0.381. The summed E-state index contributed by atoms with van der Waals surface area (Å²) in [5, 5.41) is 2.88. The van der Waals surface area contributed by atoms with Gasteiger partial charge in [0.05, 0.1) is 17.7 Å². The number of phosphoric ester groups is 1. The van der Waals surface area contributed by atoms with Crippen molar-refractivity contribution in [3.8, 4) is 0 Å². The average molecular weight is 698 g/mol. The molecule has 1 saturated heterocycles. The summed E-state index contributed by atoms with van der Waals surface area (Å²) in [6.07, 6.45) is -3.51. The molecule has 4 rings (SSSR count). The molecule has 246 valence electrons. The van der Waals surface area contributed by atoms with Crippen LogP contribution in [0.1, 0.15) is 56.2 Å². The summed E-state index contributed by atoms with van der Waals surface area (Å²) in [6.45, 7) is 2.28. The second-order valence-electron chi connectivity index (χ2n) is 9.40.